The standard InChI is InChI=1S/C15H14BrNO4/c1-9-3-4-11(17(19)20)7-15(9)21-12-5-6-13(10(2)18)14(16)8-12/h3-8,10,18H,1-2H3/t10-/m0/s1. The van der Waals surface area contributed by atoms with E-state index in [1.165, 1.54) is 12.1 Å². The first-order valence-corrected chi connectivity index (χ1v) is 7.08. The molecule has 6 heteroatoms. The maximum absolute atomic E-state index is 10.8. The number of nitro benzene ring substituents is 1. The number of nitro groups is 1. The van der Waals surface area contributed by atoms with E-state index in [1.54, 1.807) is 31.2 Å². The largest absolute Gasteiger partial charge is 0.457 e. The summed E-state index contributed by atoms with van der Waals surface area (Å²) in [7, 11) is 0. The molecule has 0 saturated heterocycles. The first-order chi connectivity index (χ1) is 9.88. The molecule has 0 aromatic heterocycles. The molecule has 0 radical (unpaired) electrons. The fourth-order valence-corrected chi connectivity index (χ4v) is 2.54. The Hall–Kier alpha value is -1.92. The van der Waals surface area contributed by atoms with Gasteiger partial charge >= 0.3 is 0 Å². The number of ether oxygens (including phenoxy) is 1. The minimum absolute atomic E-state index is 0.0183. The van der Waals surface area contributed by atoms with E-state index >= 15 is 0 Å². The van der Waals surface area contributed by atoms with Crippen LogP contribution < -0.4 is 4.74 Å². The monoisotopic (exact) mass is 351 g/mol. The summed E-state index contributed by atoms with van der Waals surface area (Å²) >= 11 is 3.37. The van der Waals surface area contributed by atoms with Crippen LogP contribution in [0.3, 0.4) is 0 Å². The molecule has 0 unspecified atom stereocenters. The highest BCUT2D eigenvalue weighted by molar-refractivity contribution is 9.10. The summed E-state index contributed by atoms with van der Waals surface area (Å²) < 4.78 is 6.42. The topological polar surface area (TPSA) is 72.6 Å². The molecule has 0 fully saturated rings. The molecular weight excluding hydrogens is 338 g/mol. The van der Waals surface area contributed by atoms with Crippen molar-refractivity contribution in [3.05, 3.63) is 62.1 Å². The van der Waals surface area contributed by atoms with Crippen LogP contribution >= 0.6 is 15.9 Å². The van der Waals surface area contributed by atoms with Crippen LogP contribution in [-0.2, 0) is 0 Å². The third kappa shape index (κ3) is 3.59. The number of nitrogens with zero attached hydrogens (tertiary/aromatic N) is 1. The van der Waals surface area contributed by atoms with Gasteiger partial charge in [-0.15, -0.1) is 0 Å². The molecule has 0 amide bonds. The highest BCUT2D eigenvalue weighted by Crippen LogP contribution is 2.32. The zero-order valence-electron chi connectivity index (χ0n) is 11.5. The van der Waals surface area contributed by atoms with Gasteiger partial charge in [0.1, 0.15) is 11.5 Å². The fraction of sp³-hybridized carbons (Fsp3) is 0.200. The van der Waals surface area contributed by atoms with Crippen molar-refractivity contribution in [3.8, 4) is 11.5 Å². The van der Waals surface area contributed by atoms with E-state index in [0.717, 1.165) is 15.6 Å². The quantitative estimate of drug-likeness (QED) is 0.649. The van der Waals surface area contributed by atoms with Crippen molar-refractivity contribution >= 4 is 21.6 Å². The number of non-ortho nitro benzene ring substituents is 1. The molecule has 0 aliphatic rings. The Kier molecular flexibility index (Phi) is 4.59. The van der Waals surface area contributed by atoms with Crippen LogP contribution in [0, 0.1) is 17.0 Å². The average Bonchev–Trinajstić information content (AvgIpc) is 2.40. The van der Waals surface area contributed by atoms with Crippen LogP contribution in [0.5, 0.6) is 11.5 Å². The fourth-order valence-electron chi connectivity index (χ4n) is 1.85. The summed E-state index contributed by atoms with van der Waals surface area (Å²) in [6, 6.07) is 9.66. The van der Waals surface area contributed by atoms with Crippen LogP contribution in [0.1, 0.15) is 24.2 Å². The number of aliphatic hydroxyl groups excluding tert-OH is 1. The highest BCUT2D eigenvalue weighted by atomic mass is 79.9. The Bertz CT molecular complexity index is 685. The summed E-state index contributed by atoms with van der Waals surface area (Å²) in [5, 5.41) is 20.4. The Morgan fingerprint density at radius 3 is 2.57 bits per heavy atom. The Balaban J connectivity index is 2.32. The van der Waals surface area contributed by atoms with Crippen molar-refractivity contribution in [2.24, 2.45) is 0 Å². The molecule has 0 saturated carbocycles. The van der Waals surface area contributed by atoms with Crippen molar-refractivity contribution in [2.45, 2.75) is 20.0 Å². The van der Waals surface area contributed by atoms with E-state index in [1.807, 2.05) is 6.92 Å². The van der Waals surface area contributed by atoms with Crippen molar-refractivity contribution in [1.82, 2.24) is 0 Å². The van der Waals surface area contributed by atoms with Crippen molar-refractivity contribution in [1.29, 1.82) is 0 Å². The highest BCUT2D eigenvalue weighted by Gasteiger charge is 2.12. The number of aryl methyl sites for hydroxylation is 1. The minimum atomic E-state index is -0.590. The average molecular weight is 352 g/mol. The second kappa shape index (κ2) is 6.24. The van der Waals surface area contributed by atoms with E-state index in [-0.39, 0.29) is 5.69 Å². The molecule has 5 nitrogen and oxygen atoms in total. The number of hydrogen-bond acceptors (Lipinski definition) is 4. The number of halogens is 1. The van der Waals surface area contributed by atoms with Gasteiger partial charge < -0.3 is 9.84 Å². The molecule has 0 aliphatic carbocycles. The van der Waals surface area contributed by atoms with Gasteiger partial charge in [0, 0.05) is 10.5 Å². The summed E-state index contributed by atoms with van der Waals surface area (Å²) in [6.45, 7) is 3.49. The molecule has 21 heavy (non-hydrogen) atoms. The van der Waals surface area contributed by atoms with Gasteiger partial charge in [0.05, 0.1) is 17.1 Å². The molecule has 2 rings (SSSR count). The Labute approximate surface area is 130 Å². The Morgan fingerprint density at radius 1 is 1.29 bits per heavy atom. The van der Waals surface area contributed by atoms with Gasteiger partial charge in [0.2, 0.25) is 0 Å². The molecule has 2 aromatic carbocycles. The first kappa shape index (κ1) is 15.5. The lowest BCUT2D eigenvalue weighted by molar-refractivity contribution is -0.384. The van der Waals surface area contributed by atoms with E-state index < -0.39 is 11.0 Å². The first-order valence-electron chi connectivity index (χ1n) is 6.29. The van der Waals surface area contributed by atoms with Gasteiger partial charge in [-0.1, -0.05) is 22.0 Å². The van der Waals surface area contributed by atoms with Gasteiger partial charge in [-0.3, -0.25) is 10.1 Å². The van der Waals surface area contributed by atoms with Crippen molar-refractivity contribution in [2.75, 3.05) is 0 Å². The van der Waals surface area contributed by atoms with E-state index in [2.05, 4.69) is 15.9 Å². The smallest absolute Gasteiger partial charge is 0.273 e. The summed E-state index contributed by atoms with van der Waals surface area (Å²) in [4.78, 5) is 10.3. The molecule has 0 bridgehead atoms. The van der Waals surface area contributed by atoms with Gasteiger partial charge in [0.15, 0.2) is 0 Å². The molecule has 1 N–H and O–H groups in total. The number of hydrogen-bond donors (Lipinski definition) is 1. The second-order valence-corrected chi connectivity index (χ2v) is 5.52. The van der Waals surface area contributed by atoms with E-state index in [0.29, 0.717) is 11.5 Å². The van der Waals surface area contributed by atoms with Crippen LogP contribution in [0.15, 0.2) is 40.9 Å². The summed E-state index contributed by atoms with van der Waals surface area (Å²) in [5.41, 5.74) is 1.53. The molecule has 110 valence electrons. The number of benzene rings is 2. The molecular formula is C15H14BrNO4. The maximum Gasteiger partial charge on any atom is 0.273 e. The lowest BCUT2D eigenvalue weighted by Gasteiger charge is -2.12. The summed E-state index contributed by atoms with van der Waals surface area (Å²) in [5.74, 6) is 0.968. The van der Waals surface area contributed by atoms with Crippen molar-refractivity contribution < 1.29 is 14.8 Å². The molecule has 0 heterocycles. The van der Waals surface area contributed by atoms with Crippen LogP contribution in [-0.4, -0.2) is 10.0 Å². The molecule has 0 aliphatic heterocycles. The van der Waals surface area contributed by atoms with Crippen LogP contribution in [0.4, 0.5) is 5.69 Å². The minimum Gasteiger partial charge on any atom is -0.457 e. The molecule has 2 aromatic rings. The SMILES string of the molecule is Cc1ccc([N+](=O)[O-])cc1Oc1ccc([C@H](C)O)c(Br)c1. The summed E-state index contributed by atoms with van der Waals surface area (Å²) in [6.07, 6.45) is -0.590. The predicted octanol–water partition coefficient (Wildman–Crippen LogP) is 4.51. The third-order valence-corrected chi connectivity index (χ3v) is 3.72. The lowest BCUT2D eigenvalue weighted by Crippen LogP contribution is -1.95. The van der Waals surface area contributed by atoms with E-state index in [9.17, 15) is 15.2 Å². The van der Waals surface area contributed by atoms with Gasteiger partial charge in [0.25, 0.3) is 5.69 Å². The van der Waals surface area contributed by atoms with Crippen molar-refractivity contribution in [3.63, 3.8) is 0 Å². The third-order valence-electron chi connectivity index (χ3n) is 3.03. The van der Waals surface area contributed by atoms with E-state index in [4.69, 9.17) is 4.74 Å². The second-order valence-electron chi connectivity index (χ2n) is 4.67. The zero-order chi connectivity index (χ0) is 15.6. The van der Waals surface area contributed by atoms with Gasteiger partial charge in [-0.05, 0) is 43.2 Å². The normalized spacial score (nSPS) is 12.0. The maximum atomic E-state index is 10.8. The Morgan fingerprint density at radius 2 is 2.00 bits per heavy atom. The molecule has 1 atom stereocenters. The molecule has 0 spiro atoms. The predicted molar refractivity (Wildman–Crippen MR) is 82.7 cm³/mol. The number of aliphatic hydroxyl groups is 1. The van der Waals surface area contributed by atoms with Gasteiger partial charge in [-0.25, -0.2) is 0 Å². The zero-order valence-corrected chi connectivity index (χ0v) is 13.1. The van der Waals surface area contributed by atoms with Gasteiger partial charge in [-0.2, -0.15) is 0 Å². The number of rotatable bonds is 4. The lowest BCUT2D eigenvalue weighted by atomic mass is 10.1. The van der Waals surface area contributed by atoms with Crippen LogP contribution in [0.25, 0.3) is 0 Å². The van der Waals surface area contributed by atoms with Crippen LogP contribution in [0.2, 0.25) is 0 Å².